The van der Waals surface area contributed by atoms with Gasteiger partial charge in [0.2, 0.25) is 5.95 Å². The molecule has 2 rings (SSSR count). The highest BCUT2D eigenvalue weighted by atomic mass is 15.3. The number of aromatic nitrogens is 2. The molecule has 1 saturated heterocycles. The normalized spacial score (nSPS) is 20.2. The van der Waals surface area contributed by atoms with Gasteiger partial charge in [-0.05, 0) is 39.3 Å². The van der Waals surface area contributed by atoms with Crippen molar-refractivity contribution in [3.63, 3.8) is 0 Å². The van der Waals surface area contributed by atoms with Crippen LogP contribution in [0.2, 0.25) is 0 Å². The second-order valence-electron chi connectivity index (χ2n) is 5.03. The summed E-state index contributed by atoms with van der Waals surface area (Å²) in [5.74, 6) is 1.94. The van der Waals surface area contributed by atoms with Crippen LogP contribution in [0.1, 0.15) is 25.5 Å². The molecular formula is C13H24N4. The molecule has 96 valence electrons. The Morgan fingerprint density at radius 1 is 1.53 bits per heavy atom. The molecule has 17 heavy (non-hydrogen) atoms. The SMILES string of the molecule is CCCn1cc(C)nc1N1CCC(CNC)C1. The Kier molecular flexibility index (Phi) is 4.05. The zero-order valence-corrected chi connectivity index (χ0v) is 11.2. The fraction of sp³-hybridized carbons (Fsp3) is 0.769. The molecule has 1 aromatic rings. The molecule has 2 heterocycles. The molecule has 0 aliphatic carbocycles. The molecule has 1 aromatic heterocycles. The lowest BCUT2D eigenvalue weighted by atomic mass is 10.1. The summed E-state index contributed by atoms with van der Waals surface area (Å²) in [4.78, 5) is 7.11. The second kappa shape index (κ2) is 5.54. The summed E-state index contributed by atoms with van der Waals surface area (Å²) in [7, 11) is 2.03. The molecule has 4 heteroatoms. The van der Waals surface area contributed by atoms with Gasteiger partial charge in [0.05, 0.1) is 5.69 Å². The topological polar surface area (TPSA) is 33.1 Å². The smallest absolute Gasteiger partial charge is 0.205 e. The lowest BCUT2D eigenvalue weighted by molar-refractivity contribution is 0.547. The van der Waals surface area contributed by atoms with E-state index in [0.717, 1.165) is 44.2 Å². The summed E-state index contributed by atoms with van der Waals surface area (Å²) >= 11 is 0. The maximum absolute atomic E-state index is 4.67. The van der Waals surface area contributed by atoms with E-state index >= 15 is 0 Å². The van der Waals surface area contributed by atoms with Gasteiger partial charge >= 0.3 is 0 Å². The largest absolute Gasteiger partial charge is 0.342 e. The van der Waals surface area contributed by atoms with Crippen molar-refractivity contribution in [3.8, 4) is 0 Å². The minimum Gasteiger partial charge on any atom is -0.342 e. The van der Waals surface area contributed by atoms with Gasteiger partial charge in [-0.25, -0.2) is 4.98 Å². The first-order chi connectivity index (χ1) is 8.24. The molecule has 0 aromatic carbocycles. The van der Waals surface area contributed by atoms with Crippen LogP contribution < -0.4 is 10.2 Å². The summed E-state index contributed by atoms with van der Waals surface area (Å²) in [5, 5.41) is 3.27. The number of nitrogens with one attached hydrogen (secondary N) is 1. The third-order valence-corrected chi connectivity index (χ3v) is 3.40. The Labute approximate surface area is 104 Å². The van der Waals surface area contributed by atoms with Gasteiger partial charge in [0, 0.05) is 25.8 Å². The van der Waals surface area contributed by atoms with E-state index in [9.17, 15) is 0 Å². The minimum atomic E-state index is 0.770. The Bertz CT molecular complexity index is 358. The van der Waals surface area contributed by atoms with Crippen LogP contribution >= 0.6 is 0 Å². The van der Waals surface area contributed by atoms with Gasteiger partial charge < -0.3 is 14.8 Å². The summed E-state index contributed by atoms with van der Waals surface area (Å²) in [6.45, 7) is 8.77. The summed E-state index contributed by atoms with van der Waals surface area (Å²) in [6.07, 6.45) is 4.61. The standard InChI is InChI=1S/C13H24N4/c1-4-6-16-9-11(2)15-13(16)17-7-5-12(10-17)8-14-3/h9,12,14H,4-8,10H2,1-3H3. The molecule has 1 fully saturated rings. The first kappa shape index (κ1) is 12.4. The maximum atomic E-state index is 4.67. The molecule has 0 saturated carbocycles. The van der Waals surface area contributed by atoms with E-state index in [1.54, 1.807) is 0 Å². The van der Waals surface area contributed by atoms with Crippen molar-refractivity contribution in [1.82, 2.24) is 14.9 Å². The first-order valence-corrected chi connectivity index (χ1v) is 6.68. The third kappa shape index (κ3) is 2.80. The third-order valence-electron chi connectivity index (χ3n) is 3.40. The van der Waals surface area contributed by atoms with Crippen molar-refractivity contribution >= 4 is 5.95 Å². The average molecular weight is 236 g/mol. The van der Waals surface area contributed by atoms with Crippen molar-refractivity contribution in [1.29, 1.82) is 0 Å². The fourth-order valence-electron chi connectivity index (χ4n) is 2.66. The number of hydrogen-bond donors (Lipinski definition) is 1. The van der Waals surface area contributed by atoms with Gasteiger partial charge in [-0.15, -0.1) is 0 Å². The van der Waals surface area contributed by atoms with E-state index in [0.29, 0.717) is 0 Å². The van der Waals surface area contributed by atoms with Crippen LogP contribution in [-0.2, 0) is 6.54 Å². The summed E-state index contributed by atoms with van der Waals surface area (Å²) < 4.78 is 2.30. The van der Waals surface area contributed by atoms with Gasteiger partial charge in [-0.1, -0.05) is 6.92 Å². The number of rotatable bonds is 5. The highest BCUT2D eigenvalue weighted by Crippen LogP contribution is 2.23. The molecule has 0 amide bonds. The van der Waals surface area contributed by atoms with Crippen LogP contribution in [0, 0.1) is 12.8 Å². The van der Waals surface area contributed by atoms with E-state index in [4.69, 9.17) is 0 Å². The molecular weight excluding hydrogens is 212 g/mol. The lowest BCUT2D eigenvalue weighted by Gasteiger charge is -2.19. The Morgan fingerprint density at radius 2 is 2.35 bits per heavy atom. The molecule has 1 N–H and O–H groups in total. The molecule has 1 aliphatic heterocycles. The van der Waals surface area contributed by atoms with Crippen molar-refractivity contribution in [2.45, 2.75) is 33.2 Å². The number of imidazole rings is 1. The van der Waals surface area contributed by atoms with Crippen LogP contribution in [0.25, 0.3) is 0 Å². The molecule has 0 spiro atoms. The molecule has 1 atom stereocenters. The van der Waals surface area contributed by atoms with E-state index in [1.165, 1.54) is 12.4 Å². The number of anilines is 1. The van der Waals surface area contributed by atoms with Gasteiger partial charge in [0.25, 0.3) is 0 Å². The molecule has 0 bridgehead atoms. The monoisotopic (exact) mass is 236 g/mol. The molecule has 4 nitrogen and oxygen atoms in total. The number of nitrogens with zero attached hydrogens (tertiary/aromatic N) is 3. The lowest BCUT2D eigenvalue weighted by Crippen LogP contribution is -2.26. The predicted molar refractivity (Wildman–Crippen MR) is 71.5 cm³/mol. The van der Waals surface area contributed by atoms with Crippen molar-refractivity contribution in [2.75, 3.05) is 31.6 Å². The zero-order chi connectivity index (χ0) is 12.3. The molecule has 0 radical (unpaired) electrons. The van der Waals surface area contributed by atoms with Gasteiger partial charge in [0.15, 0.2) is 0 Å². The summed E-state index contributed by atoms with van der Waals surface area (Å²) in [5.41, 5.74) is 1.13. The Hall–Kier alpha value is -1.03. The van der Waals surface area contributed by atoms with E-state index in [1.807, 2.05) is 7.05 Å². The predicted octanol–water partition coefficient (Wildman–Crippen LogP) is 1.65. The number of hydrogen-bond acceptors (Lipinski definition) is 3. The van der Waals surface area contributed by atoms with Crippen LogP contribution in [-0.4, -0.2) is 36.2 Å². The van der Waals surface area contributed by atoms with Gasteiger partial charge in [0.1, 0.15) is 0 Å². The second-order valence-corrected chi connectivity index (χ2v) is 5.03. The summed E-state index contributed by atoms with van der Waals surface area (Å²) in [6, 6.07) is 0. The van der Waals surface area contributed by atoms with Gasteiger partial charge in [-0.3, -0.25) is 0 Å². The quantitative estimate of drug-likeness (QED) is 0.844. The fourth-order valence-corrected chi connectivity index (χ4v) is 2.66. The van der Waals surface area contributed by atoms with Crippen LogP contribution in [0.5, 0.6) is 0 Å². The van der Waals surface area contributed by atoms with E-state index in [-0.39, 0.29) is 0 Å². The van der Waals surface area contributed by atoms with Crippen LogP contribution in [0.3, 0.4) is 0 Å². The minimum absolute atomic E-state index is 0.770. The molecule has 1 aliphatic rings. The van der Waals surface area contributed by atoms with E-state index in [2.05, 4.69) is 39.8 Å². The molecule has 1 unspecified atom stereocenters. The Balaban J connectivity index is 2.07. The van der Waals surface area contributed by atoms with Crippen molar-refractivity contribution in [3.05, 3.63) is 11.9 Å². The van der Waals surface area contributed by atoms with Crippen molar-refractivity contribution < 1.29 is 0 Å². The van der Waals surface area contributed by atoms with E-state index < -0.39 is 0 Å². The average Bonchev–Trinajstić information content (AvgIpc) is 2.87. The van der Waals surface area contributed by atoms with Crippen LogP contribution in [0.15, 0.2) is 6.20 Å². The first-order valence-electron chi connectivity index (χ1n) is 6.68. The maximum Gasteiger partial charge on any atom is 0.205 e. The van der Waals surface area contributed by atoms with Gasteiger partial charge in [-0.2, -0.15) is 0 Å². The highest BCUT2D eigenvalue weighted by molar-refractivity contribution is 5.35. The van der Waals surface area contributed by atoms with Crippen LogP contribution in [0.4, 0.5) is 5.95 Å². The van der Waals surface area contributed by atoms with Crippen molar-refractivity contribution in [2.24, 2.45) is 5.92 Å². The number of aryl methyl sites for hydroxylation is 2. The Morgan fingerprint density at radius 3 is 3.06 bits per heavy atom. The zero-order valence-electron chi connectivity index (χ0n) is 11.2. The highest BCUT2D eigenvalue weighted by Gasteiger charge is 2.25.